The number of hydrogen-bond donors (Lipinski definition) is 1. The highest BCUT2D eigenvalue weighted by atomic mass is 16.2. The molecular weight excluding hydrogens is 324 g/mol. The average molecular weight is 346 g/mol. The molecule has 0 bridgehead atoms. The Morgan fingerprint density at radius 3 is 2.62 bits per heavy atom. The number of carbonyl (C=O) groups excluding carboxylic acids is 1. The molecule has 1 heterocycles. The third kappa shape index (κ3) is 4.89. The lowest BCUT2D eigenvalue weighted by molar-refractivity contribution is 0.206. The lowest BCUT2D eigenvalue weighted by Crippen LogP contribution is -2.38. The van der Waals surface area contributed by atoms with Crippen molar-refractivity contribution in [1.82, 2.24) is 20.2 Å². The van der Waals surface area contributed by atoms with Gasteiger partial charge in [0.05, 0.1) is 18.4 Å². The number of rotatable bonds is 6. The molecule has 0 spiro atoms. The van der Waals surface area contributed by atoms with Crippen LogP contribution in [0.15, 0.2) is 73.2 Å². The highest BCUT2D eigenvalue weighted by Crippen LogP contribution is 2.20. The van der Waals surface area contributed by atoms with Crippen LogP contribution in [-0.4, -0.2) is 34.5 Å². The fourth-order valence-corrected chi connectivity index (χ4v) is 2.71. The number of benzene rings is 2. The smallest absolute Gasteiger partial charge is 0.317 e. The molecule has 0 atom stereocenters. The van der Waals surface area contributed by atoms with Gasteiger partial charge < -0.3 is 10.2 Å². The van der Waals surface area contributed by atoms with E-state index in [9.17, 15) is 4.79 Å². The Morgan fingerprint density at radius 1 is 1.04 bits per heavy atom. The predicted octanol–water partition coefficient (Wildman–Crippen LogP) is 3.53. The molecule has 5 heteroatoms. The molecule has 132 valence electrons. The summed E-state index contributed by atoms with van der Waals surface area (Å²) in [6.45, 7) is 1.02. The van der Waals surface area contributed by atoms with E-state index in [2.05, 4.69) is 51.7 Å². The highest BCUT2D eigenvalue weighted by Gasteiger charge is 2.09. The standard InChI is InChI=1S/C21H22N4O/c1-25(16-20-15-22-12-13-23-20)21(26)24-11-10-17-6-5-9-19(14-17)18-7-3-2-4-8-18/h2-9,12-15H,10-11,16H2,1H3,(H,24,26). The lowest BCUT2D eigenvalue weighted by atomic mass is 10.0. The van der Waals surface area contributed by atoms with Crippen LogP contribution >= 0.6 is 0 Å². The Balaban J connectivity index is 1.51. The number of carbonyl (C=O) groups is 1. The van der Waals surface area contributed by atoms with Gasteiger partial charge in [-0.05, 0) is 23.1 Å². The fourth-order valence-electron chi connectivity index (χ4n) is 2.71. The zero-order valence-electron chi connectivity index (χ0n) is 14.8. The first-order chi connectivity index (χ1) is 12.7. The van der Waals surface area contributed by atoms with Gasteiger partial charge in [0.15, 0.2) is 0 Å². The quantitative estimate of drug-likeness (QED) is 0.743. The highest BCUT2D eigenvalue weighted by molar-refractivity contribution is 5.73. The van der Waals surface area contributed by atoms with Gasteiger partial charge in [-0.3, -0.25) is 9.97 Å². The molecule has 3 rings (SSSR count). The van der Waals surface area contributed by atoms with E-state index >= 15 is 0 Å². The summed E-state index contributed by atoms with van der Waals surface area (Å²) in [7, 11) is 1.75. The van der Waals surface area contributed by atoms with Gasteiger partial charge >= 0.3 is 6.03 Å². The molecule has 0 aliphatic rings. The van der Waals surface area contributed by atoms with E-state index in [0.717, 1.165) is 12.1 Å². The number of urea groups is 1. The van der Waals surface area contributed by atoms with Crippen LogP contribution in [0.25, 0.3) is 11.1 Å². The van der Waals surface area contributed by atoms with Gasteiger partial charge in [0.2, 0.25) is 0 Å². The Hall–Kier alpha value is -3.21. The van der Waals surface area contributed by atoms with Crippen LogP contribution in [0, 0.1) is 0 Å². The summed E-state index contributed by atoms with van der Waals surface area (Å²) in [4.78, 5) is 22.0. The van der Waals surface area contributed by atoms with E-state index in [1.165, 1.54) is 16.7 Å². The summed E-state index contributed by atoms with van der Waals surface area (Å²) in [5, 5.41) is 2.95. The van der Waals surface area contributed by atoms with Crippen LogP contribution in [0.3, 0.4) is 0 Å². The Bertz CT molecular complexity index is 837. The van der Waals surface area contributed by atoms with Crippen molar-refractivity contribution in [3.63, 3.8) is 0 Å². The maximum absolute atomic E-state index is 12.2. The van der Waals surface area contributed by atoms with Crippen molar-refractivity contribution < 1.29 is 4.79 Å². The first-order valence-corrected chi connectivity index (χ1v) is 8.60. The second-order valence-electron chi connectivity index (χ2n) is 6.10. The van der Waals surface area contributed by atoms with Crippen molar-refractivity contribution in [3.8, 4) is 11.1 Å². The summed E-state index contributed by atoms with van der Waals surface area (Å²) in [6.07, 6.45) is 5.69. The minimum Gasteiger partial charge on any atom is -0.338 e. The maximum atomic E-state index is 12.2. The average Bonchev–Trinajstić information content (AvgIpc) is 2.69. The Labute approximate surface area is 153 Å². The van der Waals surface area contributed by atoms with E-state index in [-0.39, 0.29) is 6.03 Å². The Kier molecular flexibility index (Phi) is 5.93. The molecule has 0 aliphatic heterocycles. The molecule has 0 fully saturated rings. The summed E-state index contributed by atoms with van der Waals surface area (Å²) >= 11 is 0. The van der Waals surface area contributed by atoms with Gasteiger partial charge in [0.25, 0.3) is 0 Å². The van der Waals surface area contributed by atoms with Gasteiger partial charge in [0.1, 0.15) is 0 Å². The third-order valence-corrected chi connectivity index (χ3v) is 4.09. The first kappa shape index (κ1) is 17.6. The zero-order chi connectivity index (χ0) is 18.2. The molecular formula is C21H22N4O. The van der Waals surface area contributed by atoms with Crippen molar-refractivity contribution in [2.45, 2.75) is 13.0 Å². The molecule has 1 N–H and O–H groups in total. The largest absolute Gasteiger partial charge is 0.338 e. The van der Waals surface area contributed by atoms with Gasteiger partial charge in [-0.15, -0.1) is 0 Å². The van der Waals surface area contributed by atoms with Gasteiger partial charge in [-0.25, -0.2) is 4.79 Å². The lowest BCUT2D eigenvalue weighted by Gasteiger charge is -2.17. The van der Waals surface area contributed by atoms with E-state index in [4.69, 9.17) is 0 Å². The summed E-state index contributed by atoms with van der Waals surface area (Å²) < 4.78 is 0. The topological polar surface area (TPSA) is 58.1 Å². The molecule has 0 unspecified atom stereocenters. The second-order valence-corrected chi connectivity index (χ2v) is 6.10. The van der Waals surface area contributed by atoms with Crippen LogP contribution in [0.1, 0.15) is 11.3 Å². The molecule has 0 saturated carbocycles. The van der Waals surface area contributed by atoms with E-state index in [0.29, 0.717) is 13.1 Å². The van der Waals surface area contributed by atoms with E-state index in [1.54, 1.807) is 30.5 Å². The Morgan fingerprint density at radius 2 is 1.85 bits per heavy atom. The molecule has 0 radical (unpaired) electrons. The van der Waals surface area contributed by atoms with Crippen LogP contribution in [-0.2, 0) is 13.0 Å². The first-order valence-electron chi connectivity index (χ1n) is 8.60. The van der Waals surface area contributed by atoms with Crippen molar-refractivity contribution in [2.24, 2.45) is 0 Å². The summed E-state index contributed by atoms with van der Waals surface area (Å²) in [5.74, 6) is 0. The number of hydrogen-bond acceptors (Lipinski definition) is 3. The minimum atomic E-state index is -0.116. The molecule has 5 nitrogen and oxygen atoms in total. The fraction of sp³-hybridized carbons (Fsp3) is 0.190. The van der Waals surface area contributed by atoms with Crippen molar-refractivity contribution in [3.05, 3.63) is 84.4 Å². The summed E-state index contributed by atoms with van der Waals surface area (Å²) in [6, 6.07) is 18.6. The predicted molar refractivity (Wildman–Crippen MR) is 102 cm³/mol. The van der Waals surface area contributed by atoms with Crippen LogP contribution in [0.5, 0.6) is 0 Å². The third-order valence-electron chi connectivity index (χ3n) is 4.09. The number of aromatic nitrogens is 2. The van der Waals surface area contributed by atoms with Gasteiger partial charge in [-0.1, -0.05) is 54.6 Å². The van der Waals surface area contributed by atoms with E-state index < -0.39 is 0 Å². The molecule has 1 aromatic heterocycles. The van der Waals surface area contributed by atoms with Crippen LogP contribution < -0.4 is 5.32 Å². The van der Waals surface area contributed by atoms with Gasteiger partial charge in [0, 0.05) is 26.0 Å². The molecule has 2 amide bonds. The van der Waals surface area contributed by atoms with Gasteiger partial charge in [-0.2, -0.15) is 0 Å². The number of amides is 2. The van der Waals surface area contributed by atoms with Crippen molar-refractivity contribution in [2.75, 3.05) is 13.6 Å². The zero-order valence-corrected chi connectivity index (χ0v) is 14.8. The summed E-state index contributed by atoms with van der Waals surface area (Å²) in [5.41, 5.74) is 4.35. The molecule has 26 heavy (non-hydrogen) atoms. The molecule has 2 aromatic carbocycles. The van der Waals surface area contributed by atoms with E-state index in [1.807, 2.05) is 18.2 Å². The van der Waals surface area contributed by atoms with Crippen molar-refractivity contribution >= 4 is 6.03 Å². The maximum Gasteiger partial charge on any atom is 0.317 e. The number of nitrogens with zero attached hydrogens (tertiary/aromatic N) is 3. The minimum absolute atomic E-state index is 0.116. The van der Waals surface area contributed by atoms with Crippen molar-refractivity contribution in [1.29, 1.82) is 0 Å². The number of nitrogens with one attached hydrogen (secondary N) is 1. The monoisotopic (exact) mass is 346 g/mol. The normalized spacial score (nSPS) is 10.3. The SMILES string of the molecule is CN(Cc1cnccn1)C(=O)NCCc1cccc(-c2ccccc2)c1. The second kappa shape index (κ2) is 8.76. The molecule has 0 saturated heterocycles. The molecule has 0 aliphatic carbocycles. The molecule has 3 aromatic rings. The van der Waals surface area contributed by atoms with Crippen LogP contribution in [0.4, 0.5) is 4.79 Å². The van der Waals surface area contributed by atoms with Crippen LogP contribution in [0.2, 0.25) is 0 Å².